The Morgan fingerprint density at radius 2 is 2.06 bits per heavy atom. The highest BCUT2D eigenvalue weighted by Gasteiger charge is 2.56. The fourth-order valence-corrected chi connectivity index (χ4v) is 3.44. The normalized spacial score (nSPS) is 38.2. The summed E-state index contributed by atoms with van der Waals surface area (Å²) in [6.07, 6.45) is 3.65. The summed E-state index contributed by atoms with van der Waals surface area (Å²) in [5, 5.41) is 4.29. The molecule has 3 heteroatoms. The van der Waals surface area contributed by atoms with Gasteiger partial charge in [0.05, 0.1) is 5.71 Å². The highest BCUT2D eigenvalue weighted by molar-refractivity contribution is 5.91. The van der Waals surface area contributed by atoms with Crippen molar-refractivity contribution in [1.82, 2.24) is 0 Å². The Hall–Kier alpha value is -0.570. The zero-order chi connectivity index (χ0) is 11.8. The molecule has 0 aromatic carbocycles. The maximum atomic E-state index is 5.18. The molecule has 0 spiro atoms. The van der Waals surface area contributed by atoms with Crippen LogP contribution in [0, 0.1) is 23.2 Å². The Morgan fingerprint density at radius 3 is 2.62 bits per heavy atom. The number of ether oxygens (including phenoxy) is 1. The lowest BCUT2D eigenvalue weighted by atomic mass is 9.46. The number of fused-ring (bicyclic) bond motifs is 2. The monoisotopic (exact) mass is 225 g/mol. The van der Waals surface area contributed by atoms with Gasteiger partial charge in [0.15, 0.2) is 0 Å². The first-order valence-electron chi connectivity index (χ1n) is 6.21. The van der Waals surface area contributed by atoms with E-state index in [1.54, 1.807) is 14.2 Å². The molecule has 16 heavy (non-hydrogen) atoms. The average molecular weight is 225 g/mol. The van der Waals surface area contributed by atoms with Gasteiger partial charge in [-0.1, -0.05) is 19.0 Å². The first-order chi connectivity index (χ1) is 7.61. The van der Waals surface area contributed by atoms with E-state index in [0.717, 1.165) is 18.9 Å². The number of hydrogen-bond acceptors (Lipinski definition) is 3. The van der Waals surface area contributed by atoms with Crippen LogP contribution in [0.3, 0.4) is 0 Å². The van der Waals surface area contributed by atoms with Gasteiger partial charge in [0.25, 0.3) is 0 Å². The fourth-order valence-electron chi connectivity index (χ4n) is 3.44. The first-order valence-corrected chi connectivity index (χ1v) is 6.21. The van der Waals surface area contributed by atoms with E-state index >= 15 is 0 Å². The summed E-state index contributed by atoms with van der Waals surface area (Å²) in [4.78, 5) is 5.03. The van der Waals surface area contributed by atoms with Gasteiger partial charge in [-0.15, -0.1) is 0 Å². The summed E-state index contributed by atoms with van der Waals surface area (Å²) in [5.74, 6) is 2.08. The van der Waals surface area contributed by atoms with Crippen LogP contribution in [0.25, 0.3) is 0 Å². The smallest absolute Gasteiger partial charge is 0.106 e. The lowest BCUT2D eigenvalue weighted by Gasteiger charge is -2.59. The SMILES string of the molecule is COCC[C@H]1C[C@H]2C[C@H](/C1=N/OC)C2(C)C. The summed E-state index contributed by atoms with van der Waals surface area (Å²) in [6.45, 7) is 5.56. The molecule has 3 nitrogen and oxygen atoms in total. The highest BCUT2D eigenvalue weighted by Crippen LogP contribution is 2.59. The van der Waals surface area contributed by atoms with Crippen molar-refractivity contribution < 1.29 is 9.57 Å². The second kappa shape index (κ2) is 4.36. The topological polar surface area (TPSA) is 30.8 Å². The second-order valence-corrected chi connectivity index (χ2v) is 5.72. The zero-order valence-electron chi connectivity index (χ0n) is 10.8. The van der Waals surface area contributed by atoms with Gasteiger partial charge in [0, 0.05) is 25.6 Å². The third kappa shape index (κ3) is 1.75. The third-order valence-electron chi connectivity index (χ3n) is 4.68. The molecule has 0 aromatic rings. The van der Waals surface area contributed by atoms with E-state index in [0.29, 0.717) is 17.3 Å². The minimum Gasteiger partial charge on any atom is -0.399 e. The van der Waals surface area contributed by atoms with Crippen LogP contribution in [0.2, 0.25) is 0 Å². The van der Waals surface area contributed by atoms with Crippen molar-refractivity contribution in [2.24, 2.45) is 28.3 Å². The van der Waals surface area contributed by atoms with Gasteiger partial charge in [-0.25, -0.2) is 0 Å². The van der Waals surface area contributed by atoms with Crippen molar-refractivity contribution in [3.8, 4) is 0 Å². The van der Waals surface area contributed by atoms with Crippen LogP contribution < -0.4 is 0 Å². The highest BCUT2D eigenvalue weighted by atomic mass is 16.6. The van der Waals surface area contributed by atoms with Gasteiger partial charge in [0.1, 0.15) is 7.11 Å². The summed E-state index contributed by atoms with van der Waals surface area (Å²) in [7, 11) is 3.42. The van der Waals surface area contributed by atoms with E-state index in [4.69, 9.17) is 9.57 Å². The van der Waals surface area contributed by atoms with Gasteiger partial charge in [-0.05, 0) is 30.6 Å². The van der Waals surface area contributed by atoms with Gasteiger partial charge in [-0.2, -0.15) is 0 Å². The molecule has 0 heterocycles. The van der Waals surface area contributed by atoms with Crippen LogP contribution in [-0.2, 0) is 9.57 Å². The summed E-state index contributed by atoms with van der Waals surface area (Å²) < 4.78 is 5.18. The van der Waals surface area contributed by atoms with Crippen molar-refractivity contribution in [3.05, 3.63) is 0 Å². The van der Waals surface area contributed by atoms with Gasteiger partial charge in [0.2, 0.25) is 0 Å². The molecule has 0 aliphatic heterocycles. The minimum atomic E-state index is 0.431. The molecule has 0 aromatic heterocycles. The molecule has 3 aliphatic rings. The lowest BCUT2D eigenvalue weighted by Crippen LogP contribution is -2.56. The van der Waals surface area contributed by atoms with Crippen molar-refractivity contribution in [2.45, 2.75) is 33.1 Å². The molecule has 3 aliphatic carbocycles. The zero-order valence-corrected chi connectivity index (χ0v) is 10.8. The molecule has 92 valence electrons. The molecule has 0 radical (unpaired) electrons. The molecule has 0 N–H and O–H groups in total. The second-order valence-electron chi connectivity index (χ2n) is 5.72. The number of hydrogen-bond donors (Lipinski definition) is 0. The average Bonchev–Trinajstić information content (AvgIpc) is 2.27. The molecule has 3 rings (SSSR count). The molecule has 0 amide bonds. The predicted molar refractivity (Wildman–Crippen MR) is 64.4 cm³/mol. The Morgan fingerprint density at radius 1 is 1.31 bits per heavy atom. The molecule has 3 atom stereocenters. The first kappa shape index (κ1) is 11.9. The Bertz CT molecular complexity index is 286. The quantitative estimate of drug-likeness (QED) is 0.689. The van der Waals surface area contributed by atoms with Crippen LogP contribution >= 0.6 is 0 Å². The summed E-state index contributed by atoms with van der Waals surface area (Å²) in [5.41, 5.74) is 1.72. The maximum Gasteiger partial charge on any atom is 0.106 e. The van der Waals surface area contributed by atoms with E-state index in [1.807, 2.05) is 0 Å². The van der Waals surface area contributed by atoms with Crippen molar-refractivity contribution >= 4 is 5.71 Å². The van der Waals surface area contributed by atoms with Gasteiger partial charge < -0.3 is 9.57 Å². The molecular formula is C13H23NO2. The number of methoxy groups -OCH3 is 1. The minimum absolute atomic E-state index is 0.431. The standard InChI is InChI=1S/C13H23NO2/c1-13(2)10-7-9(5-6-15-3)12(14-16-4)11(13)8-10/h9-11H,5-8H2,1-4H3/b14-12+/t9-,10-,11+/m0/s1. The Kier molecular flexibility index (Phi) is 3.24. The molecule has 3 saturated carbocycles. The predicted octanol–water partition coefficient (Wildman–Crippen LogP) is 2.71. The van der Waals surface area contributed by atoms with Gasteiger partial charge >= 0.3 is 0 Å². The number of nitrogens with zero attached hydrogens (tertiary/aromatic N) is 1. The van der Waals surface area contributed by atoms with E-state index in [2.05, 4.69) is 19.0 Å². The maximum absolute atomic E-state index is 5.18. The molecule has 0 unspecified atom stereocenters. The van der Waals surface area contributed by atoms with E-state index < -0.39 is 0 Å². The van der Waals surface area contributed by atoms with Crippen LogP contribution in [0.1, 0.15) is 33.1 Å². The fraction of sp³-hybridized carbons (Fsp3) is 0.923. The van der Waals surface area contributed by atoms with Crippen LogP contribution in [0.4, 0.5) is 0 Å². The van der Waals surface area contributed by atoms with Crippen LogP contribution in [0.5, 0.6) is 0 Å². The Balaban J connectivity index is 2.09. The molecular weight excluding hydrogens is 202 g/mol. The van der Waals surface area contributed by atoms with E-state index in [-0.39, 0.29) is 0 Å². The van der Waals surface area contributed by atoms with Crippen molar-refractivity contribution in [3.63, 3.8) is 0 Å². The molecule has 0 saturated heterocycles. The lowest BCUT2D eigenvalue weighted by molar-refractivity contribution is -0.0208. The van der Waals surface area contributed by atoms with Crippen LogP contribution in [-0.4, -0.2) is 26.5 Å². The number of oxime groups is 1. The number of rotatable bonds is 4. The van der Waals surface area contributed by atoms with Gasteiger partial charge in [-0.3, -0.25) is 0 Å². The largest absolute Gasteiger partial charge is 0.399 e. The van der Waals surface area contributed by atoms with E-state index in [1.165, 1.54) is 18.6 Å². The summed E-state index contributed by atoms with van der Waals surface area (Å²) >= 11 is 0. The third-order valence-corrected chi connectivity index (χ3v) is 4.68. The van der Waals surface area contributed by atoms with Crippen molar-refractivity contribution in [2.75, 3.05) is 20.8 Å². The molecule has 3 fully saturated rings. The van der Waals surface area contributed by atoms with Crippen molar-refractivity contribution in [1.29, 1.82) is 0 Å². The Labute approximate surface area is 98.2 Å². The van der Waals surface area contributed by atoms with E-state index in [9.17, 15) is 0 Å². The summed E-state index contributed by atoms with van der Waals surface area (Å²) in [6, 6.07) is 0. The molecule has 2 bridgehead atoms. The van der Waals surface area contributed by atoms with Crippen LogP contribution in [0.15, 0.2) is 5.16 Å².